The van der Waals surface area contributed by atoms with Gasteiger partial charge in [0.2, 0.25) is 0 Å². The normalized spacial score (nSPS) is 10.8. The van der Waals surface area contributed by atoms with Gasteiger partial charge in [-0.1, -0.05) is 0 Å². The molecule has 0 saturated carbocycles. The van der Waals surface area contributed by atoms with Gasteiger partial charge in [-0.3, -0.25) is 4.72 Å². The first-order chi connectivity index (χ1) is 11.7. The molecule has 0 aliphatic carbocycles. The summed E-state index contributed by atoms with van der Waals surface area (Å²) < 4.78 is 31.6. The monoisotopic (exact) mass is 365 g/mol. The molecular formula is C15H15N3O6S. The molecule has 0 bridgehead atoms. The third kappa shape index (κ3) is 4.38. The molecule has 0 aliphatic heterocycles. The number of sulfonamides is 1. The summed E-state index contributed by atoms with van der Waals surface area (Å²) in [5.74, 6) is -1.26. The lowest BCUT2D eigenvalue weighted by Crippen LogP contribution is -2.19. The van der Waals surface area contributed by atoms with Crippen LogP contribution in [-0.4, -0.2) is 32.6 Å². The fourth-order valence-corrected chi connectivity index (χ4v) is 3.02. The number of carbonyl (C=O) groups excluding carboxylic acids is 2. The molecule has 0 saturated heterocycles. The van der Waals surface area contributed by atoms with Crippen molar-refractivity contribution < 1.29 is 27.9 Å². The molecule has 10 heteroatoms. The maximum Gasteiger partial charge on any atom is 0.341 e. The van der Waals surface area contributed by atoms with E-state index >= 15 is 0 Å². The number of esters is 1. The fourth-order valence-electron chi connectivity index (χ4n) is 1.93. The van der Waals surface area contributed by atoms with Gasteiger partial charge in [-0.25, -0.2) is 18.0 Å². The van der Waals surface area contributed by atoms with Crippen molar-refractivity contribution in [1.82, 2.24) is 0 Å². The minimum absolute atomic E-state index is 0.225. The van der Waals surface area contributed by atoms with Gasteiger partial charge in [0.15, 0.2) is 0 Å². The summed E-state index contributed by atoms with van der Waals surface area (Å²) >= 11 is 0. The van der Waals surface area contributed by atoms with E-state index in [1.54, 1.807) is 0 Å². The number of urea groups is 1. The van der Waals surface area contributed by atoms with Crippen LogP contribution >= 0.6 is 0 Å². The van der Waals surface area contributed by atoms with Gasteiger partial charge < -0.3 is 20.9 Å². The molecule has 5 N–H and O–H groups in total. The smallest absolute Gasteiger partial charge is 0.341 e. The number of primary amides is 1. The van der Waals surface area contributed by atoms with Crippen molar-refractivity contribution in [2.75, 3.05) is 17.1 Å². The number of hydrogen-bond acceptors (Lipinski definition) is 6. The third-order valence-electron chi connectivity index (χ3n) is 3.09. The summed E-state index contributed by atoms with van der Waals surface area (Å²) in [4.78, 5) is 22.1. The second kappa shape index (κ2) is 7.09. The van der Waals surface area contributed by atoms with Crippen molar-refractivity contribution in [3.8, 4) is 5.75 Å². The third-order valence-corrected chi connectivity index (χ3v) is 4.47. The van der Waals surface area contributed by atoms with E-state index in [0.29, 0.717) is 5.69 Å². The Bertz CT molecular complexity index is 909. The SMILES string of the molecule is COC(=O)c1cc(S(=O)(=O)Nc2ccc(NC(N)=O)cc2)ccc1O. The summed E-state index contributed by atoms with van der Waals surface area (Å²) in [6, 6.07) is 8.25. The van der Waals surface area contributed by atoms with Crippen LogP contribution in [0.2, 0.25) is 0 Å². The number of ether oxygens (including phenoxy) is 1. The highest BCUT2D eigenvalue weighted by atomic mass is 32.2. The van der Waals surface area contributed by atoms with E-state index < -0.39 is 27.8 Å². The van der Waals surface area contributed by atoms with Gasteiger partial charge in [-0.05, 0) is 42.5 Å². The molecule has 0 fully saturated rings. The molecule has 0 aromatic heterocycles. The van der Waals surface area contributed by atoms with E-state index in [1.165, 1.54) is 24.3 Å². The highest BCUT2D eigenvalue weighted by molar-refractivity contribution is 7.92. The number of aromatic hydroxyl groups is 1. The molecule has 2 rings (SSSR count). The zero-order valence-corrected chi connectivity index (χ0v) is 13.8. The Morgan fingerprint density at radius 1 is 1.08 bits per heavy atom. The number of anilines is 2. The molecule has 0 spiro atoms. The zero-order valence-electron chi connectivity index (χ0n) is 13.0. The quantitative estimate of drug-likeness (QED) is 0.590. The van der Waals surface area contributed by atoms with Crippen LogP contribution in [0.15, 0.2) is 47.4 Å². The highest BCUT2D eigenvalue weighted by Crippen LogP contribution is 2.24. The van der Waals surface area contributed by atoms with Gasteiger partial charge in [-0.2, -0.15) is 0 Å². The number of carbonyl (C=O) groups is 2. The standard InChI is InChI=1S/C15H15N3O6S/c1-24-14(20)12-8-11(6-7-13(12)19)25(22,23)18-10-4-2-9(3-5-10)17-15(16)21/h2-8,18-19H,1H3,(H3,16,17,21). The van der Waals surface area contributed by atoms with Crippen LogP contribution in [0.4, 0.5) is 16.2 Å². The first-order valence-electron chi connectivity index (χ1n) is 6.83. The van der Waals surface area contributed by atoms with Crippen molar-refractivity contribution in [1.29, 1.82) is 0 Å². The zero-order chi connectivity index (χ0) is 18.6. The Kier molecular flexibility index (Phi) is 5.13. The molecule has 25 heavy (non-hydrogen) atoms. The van der Waals surface area contributed by atoms with E-state index in [2.05, 4.69) is 14.8 Å². The maximum absolute atomic E-state index is 12.4. The number of nitrogens with one attached hydrogen (secondary N) is 2. The van der Waals surface area contributed by atoms with Crippen molar-refractivity contribution in [2.24, 2.45) is 5.73 Å². The lowest BCUT2D eigenvalue weighted by molar-refractivity contribution is 0.0597. The molecule has 0 radical (unpaired) electrons. The summed E-state index contributed by atoms with van der Waals surface area (Å²) in [5.41, 5.74) is 5.33. The largest absolute Gasteiger partial charge is 0.507 e. The topological polar surface area (TPSA) is 148 Å². The van der Waals surface area contributed by atoms with Gasteiger partial charge in [0.1, 0.15) is 11.3 Å². The summed E-state index contributed by atoms with van der Waals surface area (Å²) in [6.45, 7) is 0. The number of phenols is 1. The molecule has 2 amide bonds. The van der Waals surface area contributed by atoms with Gasteiger partial charge in [-0.15, -0.1) is 0 Å². The van der Waals surface area contributed by atoms with Crippen molar-refractivity contribution in [2.45, 2.75) is 4.90 Å². The van der Waals surface area contributed by atoms with Crippen LogP contribution in [0, 0.1) is 0 Å². The highest BCUT2D eigenvalue weighted by Gasteiger charge is 2.19. The van der Waals surface area contributed by atoms with E-state index in [-0.39, 0.29) is 16.1 Å². The van der Waals surface area contributed by atoms with E-state index in [9.17, 15) is 23.1 Å². The van der Waals surface area contributed by atoms with Crippen LogP contribution in [0.3, 0.4) is 0 Å². The Balaban J connectivity index is 2.27. The van der Waals surface area contributed by atoms with Crippen LogP contribution in [-0.2, 0) is 14.8 Å². The molecule has 132 valence electrons. The Morgan fingerprint density at radius 2 is 1.68 bits per heavy atom. The first kappa shape index (κ1) is 18.1. The first-order valence-corrected chi connectivity index (χ1v) is 8.32. The molecule has 0 aliphatic rings. The molecule has 2 aromatic carbocycles. The van der Waals surface area contributed by atoms with Crippen molar-refractivity contribution in [3.05, 3.63) is 48.0 Å². The number of rotatable bonds is 5. The molecule has 9 nitrogen and oxygen atoms in total. The van der Waals surface area contributed by atoms with Gasteiger partial charge >= 0.3 is 12.0 Å². The van der Waals surface area contributed by atoms with E-state index in [4.69, 9.17) is 5.73 Å². The number of phenolic OH excluding ortho intramolecular Hbond substituents is 1. The van der Waals surface area contributed by atoms with Crippen LogP contribution in [0.1, 0.15) is 10.4 Å². The van der Waals surface area contributed by atoms with Crippen LogP contribution < -0.4 is 15.8 Å². The van der Waals surface area contributed by atoms with Crippen LogP contribution in [0.25, 0.3) is 0 Å². The minimum Gasteiger partial charge on any atom is -0.507 e. The predicted molar refractivity (Wildman–Crippen MR) is 89.9 cm³/mol. The molecular weight excluding hydrogens is 350 g/mol. The average Bonchev–Trinajstić information content (AvgIpc) is 2.55. The summed E-state index contributed by atoms with van der Waals surface area (Å²) in [6.07, 6.45) is 0. The van der Waals surface area contributed by atoms with Crippen molar-refractivity contribution in [3.63, 3.8) is 0 Å². The second-order valence-corrected chi connectivity index (χ2v) is 6.53. The number of nitrogens with two attached hydrogens (primary N) is 1. The van der Waals surface area contributed by atoms with Gasteiger partial charge in [0.25, 0.3) is 10.0 Å². The lowest BCUT2D eigenvalue weighted by atomic mass is 10.2. The Morgan fingerprint density at radius 3 is 2.24 bits per heavy atom. The number of methoxy groups -OCH3 is 1. The van der Waals surface area contributed by atoms with E-state index in [1.807, 2.05) is 0 Å². The maximum atomic E-state index is 12.4. The van der Waals surface area contributed by atoms with Gasteiger partial charge in [0, 0.05) is 11.4 Å². The predicted octanol–water partition coefficient (Wildman–Crippen LogP) is 1.47. The number of amides is 2. The lowest BCUT2D eigenvalue weighted by Gasteiger charge is -2.10. The van der Waals surface area contributed by atoms with Crippen LogP contribution in [0.5, 0.6) is 5.75 Å². The van der Waals surface area contributed by atoms with Gasteiger partial charge in [0.05, 0.1) is 12.0 Å². The number of hydrogen-bond donors (Lipinski definition) is 4. The minimum atomic E-state index is -4.01. The summed E-state index contributed by atoms with van der Waals surface area (Å²) in [7, 11) is -2.90. The fraction of sp³-hybridized carbons (Fsp3) is 0.0667. The molecule has 0 heterocycles. The summed E-state index contributed by atoms with van der Waals surface area (Å²) in [5, 5.41) is 12.0. The molecule has 0 atom stereocenters. The number of benzene rings is 2. The Labute approximate surface area is 143 Å². The second-order valence-electron chi connectivity index (χ2n) is 4.84. The van der Waals surface area contributed by atoms with Crippen molar-refractivity contribution >= 4 is 33.4 Å². The molecule has 0 unspecified atom stereocenters. The van der Waals surface area contributed by atoms with E-state index in [0.717, 1.165) is 25.3 Å². The molecule has 2 aromatic rings. The average molecular weight is 365 g/mol. The Hall–Kier alpha value is -3.27.